The molecule has 0 aliphatic rings. The Morgan fingerprint density at radius 1 is 1.33 bits per heavy atom. The van der Waals surface area contributed by atoms with Crippen molar-refractivity contribution in [1.82, 2.24) is 0 Å². The van der Waals surface area contributed by atoms with Crippen LogP contribution in [0.2, 0.25) is 0 Å². The van der Waals surface area contributed by atoms with E-state index in [0.717, 1.165) is 6.42 Å². The molecule has 0 aromatic heterocycles. The highest BCUT2D eigenvalue weighted by Gasteiger charge is 2.06. The highest BCUT2D eigenvalue weighted by atomic mass is 16.5. The molecule has 3 heteroatoms. The van der Waals surface area contributed by atoms with Crippen LogP contribution in [0.3, 0.4) is 0 Å². The fraction of sp³-hybridized carbons (Fsp3) is 0.556. The Hall–Kier alpha value is -1.12. The monoisotopic (exact) mass is 170 g/mol. The van der Waals surface area contributed by atoms with Crippen LogP contribution in [0, 0.1) is 0 Å². The molecule has 0 saturated heterocycles. The van der Waals surface area contributed by atoms with E-state index in [1.807, 2.05) is 6.92 Å². The summed E-state index contributed by atoms with van der Waals surface area (Å²) in [5.74, 6) is -0.0993. The van der Waals surface area contributed by atoms with Gasteiger partial charge in [0.25, 0.3) is 0 Å². The maximum Gasteiger partial charge on any atom is 0.318 e. The SMILES string of the molecule is CCC=C(C)OC(=O)CC(C)=O. The van der Waals surface area contributed by atoms with Gasteiger partial charge in [0.1, 0.15) is 18.0 Å². The largest absolute Gasteiger partial charge is 0.431 e. The van der Waals surface area contributed by atoms with Crippen molar-refractivity contribution < 1.29 is 14.3 Å². The second-order valence-corrected chi connectivity index (χ2v) is 2.58. The zero-order chi connectivity index (χ0) is 9.56. The molecule has 0 unspecified atom stereocenters. The van der Waals surface area contributed by atoms with Gasteiger partial charge in [0, 0.05) is 0 Å². The van der Waals surface area contributed by atoms with E-state index in [1.54, 1.807) is 13.0 Å². The van der Waals surface area contributed by atoms with Crippen molar-refractivity contribution in [3.8, 4) is 0 Å². The number of esters is 1. The number of hydrogen-bond acceptors (Lipinski definition) is 3. The summed E-state index contributed by atoms with van der Waals surface area (Å²) in [6.07, 6.45) is 2.46. The molecule has 0 bridgehead atoms. The average Bonchev–Trinajstić information content (AvgIpc) is 1.84. The fourth-order valence-electron chi connectivity index (χ4n) is 0.748. The first kappa shape index (κ1) is 10.9. The normalized spacial score (nSPS) is 11.1. The molecular weight excluding hydrogens is 156 g/mol. The number of hydrogen-bond donors (Lipinski definition) is 0. The summed E-state index contributed by atoms with van der Waals surface area (Å²) in [4.78, 5) is 21.3. The lowest BCUT2D eigenvalue weighted by atomic mass is 10.3. The van der Waals surface area contributed by atoms with E-state index >= 15 is 0 Å². The van der Waals surface area contributed by atoms with Crippen molar-refractivity contribution in [2.24, 2.45) is 0 Å². The van der Waals surface area contributed by atoms with E-state index < -0.39 is 5.97 Å². The Labute approximate surface area is 72.4 Å². The van der Waals surface area contributed by atoms with Gasteiger partial charge in [0.2, 0.25) is 0 Å². The van der Waals surface area contributed by atoms with Gasteiger partial charge >= 0.3 is 5.97 Å². The Balaban J connectivity index is 3.84. The van der Waals surface area contributed by atoms with Gasteiger partial charge in [-0.15, -0.1) is 0 Å². The summed E-state index contributed by atoms with van der Waals surface area (Å²) >= 11 is 0. The Bertz CT molecular complexity index is 204. The zero-order valence-corrected chi connectivity index (χ0v) is 7.72. The van der Waals surface area contributed by atoms with Gasteiger partial charge in [-0.05, 0) is 26.3 Å². The predicted octanol–water partition coefficient (Wildman–Crippen LogP) is 1.82. The van der Waals surface area contributed by atoms with Crippen molar-refractivity contribution in [3.05, 3.63) is 11.8 Å². The van der Waals surface area contributed by atoms with Crippen LogP contribution in [0.4, 0.5) is 0 Å². The first-order valence-electron chi connectivity index (χ1n) is 3.93. The van der Waals surface area contributed by atoms with Crippen molar-refractivity contribution in [2.75, 3.05) is 0 Å². The molecule has 0 aromatic rings. The lowest BCUT2D eigenvalue weighted by Gasteiger charge is -2.01. The van der Waals surface area contributed by atoms with E-state index in [2.05, 4.69) is 0 Å². The fourth-order valence-corrected chi connectivity index (χ4v) is 0.748. The van der Waals surface area contributed by atoms with Gasteiger partial charge in [-0.25, -0.2) is 0 Å². The number of Topliss-reactive ketones (excluding diaryl/α,β-unsaturated/α-hetero) is 1. The lowest BCUT2D eigenvalue weighted by molar-refractivity contribution is -0.141. The summed E-state index contributed by atoms with van der Waals surface area (Å²) in [6, 6.07) is 0. The summed E-state index contributed by atoms with van der Waals surface area (Å²) < 4.78 is 4.80. The molecule has 0 rings (SSSR count). The third-order valence-electron chi connectivity index (χ3n) is 1.16. The molecule has 0 spiro atoms. The van der Waals surface area contributed by atoms with Gasteiger partial charge < -0.3 is 4.74 Å². The van der Waals surface area contributed by atoms with Crippen LogP contribution in [-0.4, -0.2) is 11.8 Å². The molecule has 0 saturated carbocycles. The van der Waals surface area contributed by atoms with Crippen LogP contribution in [0.1, 0.15) is 33.6 Å². The molecule has 0 aliphatic carbocycles. The highest BCUT2D eigenvalue weighted by molar-refractivity contribution is 5.94. The zero-order valence-electron chi connectivity index (χ0n) is 7.72. The van der Waals surface area contributed by atoms with Gasteiger partial charge in [0.05, 0.1) is 0 Å². The van der Waals surface area contributed by atoms with Crippen molar-refractivity contribution in [1.29, 1.82) is 0 Å². The first-order valence-corrected chi connectivity index (χ1v) is 3.93. The minimum absolute atomic E-state index is 0.144. The first-order chi connectivity index (χ1) is 5.56. The summed E-state index contributed by atoms with van der Waals surface area (Å²) in [5.41, 5.74) is 0. The third-order valence-corrected chi connectivity index (χ3v) is 1.16. The number of allylic oxidation sites excluding steroid dienone is 2. The molecule has 0 aromatic carbocycles. The highest BCUT2D eigenvalue weighted by Crippen LogP contribution is 2.00. The lowest BCUT2D eigenvalue weighted by Crippen LogP contribution is -2.07. The van der Waals surface area contributed by atoms with Crippen LogP contribution in [0.5, 0.6) is 0 Å². The molecule has 0 heterocycles. The van der Waals surface area contributed by atoms with Crippen LogP contribution in [0.25, 0.3) is 0 Å². The van der Waals surface area contributed by atoms with Crippen molar-refractivity contribution in [3.63, 3.8) is 0 Å². The molecule has 0 N–H and O–H groups in total. The summed E-state index contributed by atoms with van der Waals surface area (Å²) in [6.45, 7) is 5.00. The van der Waals surface area contributed by atoms with E-state index in [-0.39, 0.29) is 12.2 Å². The minimum atomic E-state index is -0.482. The maximum absolute atomic E-state index is 10.9. The van der Waals surface area contributed by atoms with Gasteiger partial charge in [-0.1, -0.05) is 6.92 Å². The topological polar surface area (TPSA) is 43.4 Å². The quantitative estimate of drug-likeness (QED) is 0.367. The molecule has 12 heavy (non-hydrogen) atoms. The van der Waals surface area contributed by atoms with Crippen LogP contribution >= 0.6 is 0 Å². The molecule has 0 amide bonds. The van der Waals surface area contributed by atoms with E-state index in [4.69, 9.17) is 4.74 Å². The molecule has 0 radical (unpaired) electrons. The summed E-state index contributed by atoms with van der Waals surface area (Å²) in [5, 5.41) is 0. The smallest absolute Gasteiger partial charge is 0.318 e. The van der Waals surface area contributed by atoms with E-state index in [0.29, 0.717) is 5.76 Å². The second-order valence-electron chi connectivity index (χ2n) is 2.58. The van der Waals surface area contributed by atoms with Crippen LogP contribution in [0.15, 0.2) is 11.8 Å². The van der Waals surface area contributed by atoms with Gasteiger partial charge in [-0.2, -0.15) is 0 Å². The Kier molecular flexibility index (Phi) is 5.00. The average molecular weight is 170 g/mol. The predicted molar refractivity (Wildman–Crippen MR) is 45.4 cm³/mol. The molecule has 68 valence electrons. The van der Waals surface area contributed by atoms with Crippen molar-refractivity contribution >= 4 is 11.8 Å². The van der Waals surface area contributed by atoms with Crippen molar-refractivity contribution in [2.45, 2.75) is 33.6 Å². The van der Waals surface area contributed by atoms with Gasteiger partial charge in [-0.3, -0.25) is 9.59 Å². The third kappa shape index (κ3) is 5.65. The number of rotatable bonds is 4. The Morgan fingerprint density at radius 3 is 2.33 bits per heavy atom. The number of ketones is 1. The van der Waals surface area contributed by atoms with Crippen LogP contribution < -0.4 is 0 Å². The Morgan fingerprint density at radius 2 is 1.92 bits per heavy atom. The maximum atomic E-state index is 10.9. The van der Waals surface area contributed by atoms with Gasteiger partial charge in [0.15, 0.2) is 0 Å². The standard InChI is InChI=1S/C9H14O3/c1-4-5-8(3)12-9(11)6-7(2)10/h5H,4,6H2,1-3H3. The number of carbonyl (C=O) groups is 2. The molecular formula is C9H14O3. The molecule has 3 nitrogen and oxygen atoms in total. The minimum Gasteiger partial charge on any atom is -0.431 e. The van der Waals surface area contributed by atoms with E-state index in [1.165, 1.54) is 6.92 Å². The second kappa shape index (κ2) is 5.52. The number of ether oxygens (including phenoxy) is 1. The number of carbonyl (C=O) groups excluding carboxylic acids is 2. The van der Waals surface area contributed by atoms with Crippen LogP contribution in [-0.2, 0) is 14.3 Å². The molecule has 0 atom stereocenters. The molecule has 0 aliphatic heterocycles. The summed E-state index contributed by atoms with van der Waals surface area (Å²) in [7, 11) is 0. The van der Waals surface area contributed by atoms with E-state index in [9.17, 15) is 9.59 Å². The molecule has 0 fully saturated rings.